The van der Waals surface area contributed by atoms with Crippen molar-refractivity contribution in [3.63, 3.8) is 0 Å². The first-order valence-corrected chi connectivity index (χ1v) is 6.11. The highest BCUT2D eigenvalue weighted by atomic mass is 16.4. The fourth-order valence-corrected chi connectivity index (χ4v) is 1.22. The molecule has 110 valence electrons. The molecule has 19 heavy (non-hydrogen) atoms. The van der Waals surface area contributed by atoms with Gasteiger partial charge in [-0.3, -0.25) is 9.59 Å². The number of aliphatic carboxylic acids is 1. The van der Waals surface area contributed by atoms with Gasteiger partial charge in [0.1, 0.15) is 0 Å². The molecular formula is C12H23N3O4. The normalized spacial score (nSPS) is 14.2. The highest BCUT2D eigenvalue weighted by molar-refractivity contribution is 5.84. The van der Waals surface area contributed by atoms with E-state index in [1.54, 1.807) is 6.92 Å². The Bertz CT molecular complexity index is 349. The number of rotatable bonds is 5. The van der Waals surface area contributed by atoms with Crippen molar-refractivity contribution < 1.29 is 19.5 Å². The molecule has 2 unspecified atom stereocenters. The maximum atomic E-state index is 11.5. The monoisotopic (exact) mass is 273 g/mol. The average Bonchev–Trinajstić information content (AvgIpc) is 2.22. The topological polar surface area (TPSA) is 108 Å². The van der Waals surface area contributed by atoms with Crippen LogP contribution >= 0.6 is 0 Å². The zero-order chi connectivity index (χ0) is 15.2. The summed E-state index contributed by atoms with van der Waals surface area (Å²) in [5, 5.41) is 16.3. The molecule has 0 fully saturated rings. The lowest BCUT2D eigenvalue weighted by atomic mass is 10.0. The van der Waals surface area contributed by atoms with E-state index in [0.717, 1.165) is 0 Å². The van der Waals surface area contributed by atoms with Crippen LogP contribution in [-0.4, -0.2) is 41.1 Å². The molecule has 0 rings (SSSR count). The van der Waals surface area contributed by atoms with E-state index in [0.29, 0.717) is 0 Å². The van der Waals surface area contributed by atoms with E-state index in [9.17, 15) is 14.4 Å². The van der Waals surface area contributed by atoms with Gasteiger partial charge in [-0.05, 0) is 34.6 Å². The summed E-state index contributed by atoms with van der Waals surface area (Å²) in [6.45, 7) is 8.44. The van der Waals surface area contributed by atoms with E-state index >= 15 is 0 Å². The summed E-state index contributed by atoms with van der Waals surface area (Å²) in [6, 6.07) is -1.09. The lowest BCUT2D eigenvalue weighted by Gasteiger charge is -2.21. The van der Waals surface area contributed by atoms with Gasteiger partial charge in [-0.15, -0.1) is 0 Å². The van der Waals surface area contributed by atoms with Crippen LogP contribution in [0.25, 0.3) is 0 Å². The van der Waals surface area contributed by atoms with Crippen LogP contribution in [0.2, 0.25) is 0 Å². The molecule has 0 saturated carbocycles. The second-order valence-corrected chi connectivity index (χ2v) is 5.54. The summed E-state index contributed by atoms with van der Waals surface area (Å²) >= 11 is 0. The van der Waals surface area contributed by atoms with E-state index in [4.69, 9.17) is 5.11 Å². The van der Waals surface area contributed by atoms with Crippen LogP contribution < -0.4 is 16.0 Å². The number of amides is 3. The zero-order valence-corrected chi connectivity index (χ0v) is 12.0. The first-order chi connectivity index (χ1) is 8.53. The average molecular weight is 273 g/mol. The predicted molar refractivity (Wildman–Crippen MR) is 70.7 cm³/mol. The second kappa shape index (κ2) is 6.96. The van der Waals surface area contributed by atoms with Gasteiger partial charge in [-0.25, -0.2) is 4.79 Å². The van der Waals surface area contributed by atoms with Crippen molar-refractivity contribution in [2.45, 2.75) is 46.2 Å². The Morgan fingerprint density at radius 2 is 1.68 bits per heavy atom. The van der Waals surface area contributed by atoms with Gasteiger partial charge in [-0.1, -0.05) is 0 Å². The molecule has 0 heterocycles. The van der Waals surface area contributed by atoms with Crippen LogP contribution in [0.5, 0.6) is 0 Å². The summed E-state index contributed by atoms with van der Waals surface area (Å²) in [5.74, 6) is -1.99. The smallest absolute Gasteiger partial charge is 0.315 e. The number of nitrogens with one attached hydrogen (secondary N) is 3. The first-order valence-electron chi connectivity index (χ1n) is 6.11. The Morgan fingerprint density at radius 3 is 2.11 bits per heavy atom. The number of carboxylic acid groups (broad SMARTS) is 1. The fourth-order valence-electron chi connectivity index (χ4n) is 1.22. The molecule has 0 aliphatic heterocycles. The van der Waals surface area contributed by atoms with Crippen LogP contribution in [0.3, 0.4) is 0 Å². The number of carbonyl (C=O) groups excluding carboxylic acids is 2. The molecule has 3 amide bonds. The molecule has 0 aliphatic carbocycles. The Kier molecular flexibility index (Phi) is 6.31. The van der Waals surface area contributed by atoms with Crippen molar-refractivity contribution in [2.24, 2.45) is 5.92 Å². The molecule has 0 bridgehead atoms. The third kappa shape index (κ3) is 8.01. The molecule has 4 N–H and O–H groups in total. The Hall–Kier alpha value is -1.79. The third-order valence-electron chi connectivity index (χ3n) is 2.42. The van der Waals surface area contributed by atoms with Crippen molar-refractivity contribution in [1.29, 1.82) is 0 Å². The zero-order valence-electron chi connectivity index (χ0n) is 12.0. The van der Waals surface area contributed by atoms with Crippen LogP contribution in [0, 0.1) is 5.92 Å². The van der Waals surface area contributed by atoms with E-state index in [-0.39, 0.29) is 18.0 Å². The highest BCUT2D eigenvalue weighted by Crippen LogP contribution is 2.01. The summed E-state index contributed by atoms with van der Waals surface area (Å²) in [6.07, 6.45) is 0. The van der Waals surface area contributed by atoms with E-state index < -0.39 is 24.0 Å². The summed E-state index contributed by atoms with van der Waals surface area (Å²) < 4.78 is 0. The van der Waals surface area contributed by atoms with Gasteiger partial charge in [0.05, 0.1) is 12.5 Å². The SMILES string of the molecule is CC(NC(=O)NCC(=O)NC(C)(C)C)C(C)C(=O)O. The van der Waals surface area contributed by atoms with Crippen LogP contribution in [0.15, 0.2) is 0 Å². The summed E-state index contributed by atoms with van der Waals surface area (Å²) in [7, 11) is 0. The van der Waals surface area contributed by atoms with Gasteiger partial charge >= 0.3 is 12.0 Å². The number of hydrogen-bond acceptors (Lipinski definition) is 3. The molecule has 0 radical (unpaired) electrons. The number of urea groups is 1. The molecule has 0 aromatic rings. The van der Waals surface area contributed by atoms with Gasteiger partial charge in [0.2, 0.25) is 5.91 Å². The fraction of sp³-hybridized carbons (Fsp3) is 0.750. The van der Waals surface area contributed by atoms with Crippen molar-refractivity contribution in [2.75, 3.05) is 6.54 Å². The Morgan fingerprint density at radius 1 is 1.16 bits per heavy atom. The molecule has 0 aromatic heterocycles. The molecular weight excluding hydrogens is 250 g/mol. The second-order valence-electron chi connectivity index (χ2n) is 5.54. The van der Waals surface area contributed by atoms with Gasteiger partial charge < -0.3 is 21.1 Å². The maximum Gasteiger partial charge on any atom is 0.315 e. The third-order valence-corrected chi connectivity index (χ3v) is 2.42. The number of carbonyl (C=O) groups is 3. The van der Waals surface area contributed by atoms with Gasteiger partial charge in [0.15, 0.2) is 0 Å². The van der Waals surface area contributed by atoms with E-state index in [1.165, 1.54) is 6.92 Å². The summed E-state index contributed by atoms with van der Waals surface area (Å²) in [4.78, 5) is 33.6. The Balaban J connectivity index is 4.06. The number of carboxylic acids is 1. The van der Waals surface area contributed by atoms with Gasteiger partial charge in [-0.2, -0.15) is 0 Å². The minimum atomic E-state index is -0.988. The number of hydrogen-bond donors (Lipinski definition) is 4. The van der Waals surface area contributed by atoms with Crippen molar-refractivity contribution in [3.8, 4) is 0 Å². The molecule has 0 saturated heterocycles. The van der Waals surface area contributed by atoms with Crippen molar-refractivity contribution in [3.05, 3.63) is 0 Å². The molecule has 0 spiro atoms. The molecule has 0 aromatic carbocycles. The van der Waals surface area contributed by atoms with E-state index in [2.05, 4.69) is 16.0 Å². The van der Waals surface area contributed by atoms with Gasteiger partial charge in [0, 0.05) is 11.6 Å². The lowest BCUT2D eigenvalue weighted by molar-refractivity contribution is -0.141. The first kappa shape index (κ1) is 17.2. The van der Waals surface area contributed by atoms with E-state index in [1.807, 2.05) is 20.8 Å². The molecule has 7 nitrogen and oxygen atoms in total. The van der Waals surface area contributed by atoms with Crippen molar-refractivity contribution >= 4 is 17.9 Å². The molecule has 2 atom stereocenters. The predicted octanol–water partition coefficient (Wildman–Crippen LogP) is 0.310. The quantitative estimate of drug-likeness (QED) is 0.578. The maximum absolute atomic E-state index is 11.5. The van der Waals surface area contributed by atoms with Crippen LogP contribution in [0.4, 0.5) is 4.79 Å². The van der Waals surface area contributed by atoms with Crippen molar-refractivity contribution in [1.82, 2.24) is 16.0 Å². The van der Waals surface area contributed by atoms with Crippen LogP contribution in [-0.2, 0) is 9.59 Å². The van der Waals surface area contributed by atoms with Crippen LogP contribution in [0.1, 0.15) is 34.6 Å². The lowest BCUT2D eigenvalue weighted by Crippen LogP contribution is -2.50. The summed E-state index contributed by atoms with van der Waals surface area (Å²) in [5.41, 5.74) is -0.361. The minimum absolute atomic E-state index is 0.155. The Labute approximate surface area is 113 Å². The minimum Gasteiger partial charge on any atom is -0.481 e. The molecule has 0 aliphatic rings. The largest absolute Gasteiger partial charge is 0.481 e. The van der Waals surface area contributed by atoms with Gasteiger partial charge in [0.25, 0.3) is 0 Å². The standard InChI is InChI=1S/C12H23N3O4/c1-7(10(17)18)8(2)14-11(19)13-6-9(16)15-12(3,4)5/h7-8H,6H2,1-5H3,(H,15,16)(H,17,18)(H2,13,14,19). The highest BCUT2D eigenvalue weighted by Gasteiger charge is 2.21. The molecule has 7 heteroatoms.